The summed E-state index contributed by atoms with van der Waals surface area (Å²) in [6, 6.07) is 2.34. The molecule has 0 aromatic rings. The molecule has 1 heterocycles. The van der Waals surface area contributed by atoms with Crippen molar-refractivity contribution in [2.24, 2.45) is 5.41 Å². The summed E-state index contributed by atoms with van der Waals surface area (Å²) in [5.74, 6) is 0. The fourth-order valence-corrected chi connectivity index (χ4v) is 2.54. The van der Waals surface area contributed by atoms with Gasteiger partial charge in [0.25, 0.3) is 0 Å². The van der Waals surface area contributed by atoms with Gasteiger partial charge in [-0.15, -0.1) is 0 Å². The van der Waals surface area contributed by atoms with Crippen molar-refractivity contribution >= 4 is 0 Å². The molecule has 1 atom stereocenters. The van der Waals surface area contributed by atoms with Crippen LogP contribution in [0.25, 0.3) is 0 Å². The van der Waals surface area contributed by atoms with E-state index in [1.807, 2.05) is 0 Å². The first kappa shape index (κ1) is 9.95. The van der Waals surface area contributed by atoms with E-state index >= 15 is 0 Å². The van der Waals surface area contributed by atoms with Crippen LogP contribution in [0.15, 0.2) is 0 Å². The van der Waals surface area contributed by atoms with Gasteiger partial charge in [0, 0.05) is 6.54 Å². The zero-order chi connectivity index (χ0) is 10.2. The van der Waals surface area contributed by atoms with Crippen molar-refractivity contribution < 1.29 is 5.11 Å². The van der Waals surface area contributed by atoms with E-state index in [4.69, 9.17) is 5.26 Å². The Morgan fingerprint density at radius 3 is 2.50 bits per heavy atom. The SMILES string of the molecule is CN1CCCC(O)(C2(C#N)CC2)CC1. The lowest BCUT2D eigenvalue weighted by molar-refractivity contribution is -0.0223. The van der Waals surface area contributed by atoms with E-state index in [1.165, 1.54) is 0 Å². The summed E-state index contributed by atoms with van der Waals surface area (Å²) in [5.41, 5.74) is -1.09. The molecule has 0 aromatic heterocycles. The van der Waals surface area contributed by atoms with Crippen molar-refractivity contribution in [3.8, 4) is 6.07 Å². The van der Waals surface area contributed by atoms with Gasteiger partial charge in [-0.3, -0.25) is 0 Å². The van der Waals surface area contributed by atoms with Gasteiger partial charge in [0.15, 0.2) is 0 Å². The van der Waals surface area contributed by atoms with Crippen LogP contribution in [0, 0.1) is 16.7 Å². The third-order valence-corrected chi connectivity index (χ3v) is 3.89. The Bertz CT molecular complexity index is 267. The second-order valence-electron chi connectivity index (χ2n) is 4.88. The highest BCUT2D eigenvalue weighted by Gasteiger charge is 2.59. The summed E-state index contributed by atoms with van der Waals surface area (Å²) in [6.45, 7) is 1.96. The molecular formula is C11H18N2O. The Labute approximate surface area is 85.3 Å². The highest BCUT2D eigenvalue weighted by Crippen LogP contribution is 2.56. The molecule has 14 heavy (non-hydrogen) atoms. The molecule has 0 amide bonds. The van der Waals surface area contributed by atoms with Crippen molar-refractivity contribution in [3.63, 3.8) is 0 Å². The van der Waals surface area contributed by atoms with Gasteiger partial charge in [-0.2, -0.15) is 5.26 Å². The quantitative estimate of drug-likeness (QED) is 0.681. The molecule has 1 saturated carbocycles. The van der Waals surface area contributed by atoms with Crippen LogP contribution in [0.1, 0.15) is 32.1 Å². The van der Waals surface area contributed by atoms with Gasteiger partial charge in [-0.05, 0) is 45.7 Å². The second kappa shape index (κ2) is 3.22. The maximum atomic E-state index is 10.5. The number of rotatable bonds is 1. The summed E-state index contributed by atoms with van der Waals surface area (Å²) in [4.78, 5) is 2.24. The molecule has 1 unspecified atom stereocenters. The van der Waals surface area contributed by atoms with Crippen LogP contribution in [-0.4, -0.2) is 35.7 Å². The standard InChI is InChI=1S/C11H18N2O/c1-13-7-2-3-11(14,6-8-13)10(9-12)4-5-10/h14H,2-8H2,1H3. The molecule has 1 N–H and O–H groups in total. The summed E-state index contributed by atoms with van der Waals surface area (Å²) in [5, 5.41) is 19.6. The van der Waals surface area contributed by atoms with Gasteiger partial charge in [-0.25, -0.2) is 0 Å². The first-order valence-electron chi connectivity index (χ1n) is 5.44. The van der Waals surface area contributed by atoms with Gasteiger partial charge in [0.2, 0.25) is 0 Å². The van der Waals surface area contributed by atoms with Crippen LogP contribution in [0.3, 0.4) is 0 Å². The number of nitriles is 1. The molecule has 1 aliphatic heterocycles. The number of aliphatic hydroxyl groups is 1. The van der Waals surface area contributed by atoms with Crippen LogP contribution in [0.2, 0.25) is 0 Å². The largest absolute Gasteiger partial charge is 0.388 e. The van der Waals surface area contributed by atoms with Crippen molar-refractivity contribution in [1.82, 2.24) is 4.90 Å². The predicted molar refractivity (Wildman–Crippen MR) is 53.6 cm³/mol. The van der Waals surface area contributed by atoms with Crippen LogP contribution in [0.5, 0.6) is 0 Å². The lowest BCUT2D eigenvalue weighted by Crippen LogP contribution is -2.39. The zero-order valence-electron chi connectivity index (χ0n) is 8.79. The second-order valence-corrected chi connectivity index (χ2v) is 4.88. The number of likely N-dealkylation sites (tertiary alicyclic amines) is 1. The van der Waals surface area contributed by atoms with Crippen molar-refractivity contribution in [2.75, 3.05) is 20.1 Å². The van der Waals surface area contributed by atoms with Crippen molar-refractivity contribution in [2.45, 2.75) is 37.7 Å². The maximum absolute atomic E-state index is 10.5. The van der Waals surface area contributed by atoms with Gasteiger partial charge >= 0.3 is 0 Å². The topological polar surface area (TPSA) is 47.3 Å². The first-order valence-corrected chi connectivity index (χ1v) is 5.44. The third-order valence-electron chi connectivity index (χ3n) is 3.89. The first-order chi connectivity index (χ1) is 6.62. The Kier molecular flexibility index (Phi) is 2.29. The van der Waals surface area contributed by atoms with E-state index in [-0.39, 0.29) is 0 Å². The monoisotopic (exact) mass is 194 g/mol. The summed E-state index contributed by atoms with van der Waals surface area (Å²) in [6.07, 6.45) is 4.35. The van der Waals surface area contributed by atoms with Crippen LogP contribution in [0.4, 0.5) is 0 Å². The smallest absolute Gasteiger partial charge is 0.0861 e. The van der Waals surface area contributed by atoms with Gasteiger partial charge in [0.1, 0.15) is 0 Å². The molecule has 0 spiro atoms. The molecule has 1 aliphatic carbocycles. The molecular weight excluding hydrogens is 176 g/mol. The molecule has 0 aromatic carbocycles. The highest BCUT2D eigenvalue weighted by atomic mass is 16.3. The number of nitrogens with zero attached hydrogens (tertiary/aromatic N) is 2. The fourth-order valence-electron chi connectivity index (χ4n) is 2.54. The van der Waals surface area contributed by atoms with E-state index in [1.54, 1.807) is 0 Å². The Morgan fingerprint density at radius 2 is 1.93 bits per heavy atom. The number of hydrogen-bond donors (Lipinski definition) is 1. The Morgan fingerprint density at radius 1 is 1.21 bits per heavy atom. The average molecular weight is 194 g/mol. The molecule has 1 saturated heterocycles. The zero-order valence-corrected chi connectivity index (χ0v) is 8.79. The van der Waals surface area contributed by atoms with Crippen molar-refractivity contribution in [1.29, 1.82) is 5.26 Å². The van der Waals surface area contributed by atoms with Crippen molar-refractivity contribution in [3.05, 3.63) is 0 Å². The van der Waals surface area contributed by atoms with Crippen LogP contribution >= 0.6 is 0 Å². The molecule has 2 rings (SSSR count). The lowest BCUT2D eigenvalue weighted by atomic mass is 9.79. The molecule has 0 bridgehead atoms. The summed E-state index contributed by atoms with van der Waals surface area (Å²) < 4.78 is 0. The molecule has 2 fully saturated rings. The van der Waals surface area contributed by atoms with Crippen LogP contribution in [-0.2, 0) is 0 Å². The molecule has 78 valence electrons. The minimum Gasteiger partial charge on any atom is -0.388 e. The lowest BCUT2D eigenvalue weighted by Gasteiger charge is -2.31. The van der Waals surface area contributed by atoms with Gasteiger partial charge in [-0.1, -0.05) is 0 Å². The van der Waals surface area contributed by atoms with Gasteiger partial charge in [0.05, 0.1) is 17.1 Å². The number of hydrogen-bond acceptors (Lipinski definition) is 3. The Hall–Kier alpha value is -0.590. The fraction of sp³-hybridized carbons (Fsp3) is 0.909. The third kappa shape index (κ3) is 1.43. The molecule has 0 radical (unpaired) electrons. The predicted octanol–water partition coefficient (Wildman–Crippen LogP) is 1.14. The molecule has 3 nitrogen and oxygen atoms in total. The normalized spacial score (nSPS) is 37.2. The van der Waals surface area contributed by atoms with E-state index in [0.717, 1.165) is 45.2 Å². The summed E-state index contributed by atoms with van der Waals surface area (Å²) in [7, 11) is 2.08. The minimum absolute atomic E-state index is 0.391. The average Bonchev–Trinajstić information content (AvgIpc) is 2.94. The van der Waals surface area contributed by atoms with Gasteiger partial charge < -0.3 is 10.0 Å². The van der Waals surface area contributed by atoms with Crippen LogP contribution < -0.4 is 0 Å². The van der Waals surface area contributed by atoms with E-state index < -0.39 is 11.0 Å². The Balaban J connectivity index is 2.12. The van der Waals surface area contributed by atoms with E-state index in [0.29, 0.717) is 0 Å². The van der Waals surface area contributed by atoms with E-state index in [2.05, 4.69) is 18.0 Å². The molecule has 3 heteroatoms. The van der Waals surface area contributed by atoms with E-state index in [9.17, 15) is 5.11 Å². The molecule has 2 aliphatic rings. The maximum Gasteiger partial charge on any atom is 0.0861 e. The highest BCUT2D eigenvalue weighted by molar-refractivity contribution is 5.20. The minimum atomic E-state index is -0.702. The summed E-state index contributed by atoms with van der Waals surface area (Å²) >= 11 is 0.